The van der Waals surface area contributed by atoms with Crippen molar-refractivity contribution in [3.05, 3.63) is 67.0 Å². The van der Waals surface area contributed by atoms with Gasteiger partial charge in [0.2, 0.25) is 0 Å². The number of nitrogens with zero attached hydrogens (tertiary/aromatic N) is 3. The zero-order valence-corrected chi connectivity index (χ0v) is 11.8. The summed E-state index contributed by atoms with van der Waals surface area (Å²) < 4.78 is 39.0. The average Bonchev–Trinajstić information content (AvgIpc) is 2.55. The molecule has 3 heterocycles. The van der Waals surface area contributed by atoms with Gasteiger partial charge in [-0.3, -0.25) is 9.97 Å². The Morgan fingerprint density at radius 2 is 0.957 bits per heavy atom. The molecule has 0 aliphatic heterocycles. The van der Waals surface area contributed by atoms with Gasteiger partial charge in [-0.2, -0.15) is 0 Å². The molecule has 0 fully saturated rings. The van der Waals surface area contributed by atoms with Crippen molar-refractivity contribution in [2.45, 2.75) is 0 Å². The van der Waals surface area contributed by atoms with Crippen LogP contribution in [0.5, 0.6) is 0 Å². The highest BCUT2D eigenvalue weighted by molar-refractivity contribution is 6.50. The highest BCUT2D eigenvalue weighted by atomic mass is 19.5. The highest BCUT2D eigenvalue weighted by Crippen LogP contribution is 2.19. The number of rotatable bonds is 2. The van der Waals surface area contributed by atoms with E-state index < -0.39 is 7.25 Å². The Labute approximate surface area is 130 Å². The standard InChI is InChI=1S/C15H11N3.BF4/c1-3-10-16-12(6-1)14-8-5-9-15(18-14)13-7-2-4-11-17-13;2-1(3,4)5/h1-11H;/q;-1. The van der Waals surface area contributed by atoms with Crippen LogP contribution in [0.25, 0.3) is 22.8 Å². The van der Waals surface area contributed by atoms with Crippen LogP contribution in [0.4, 0.5) is 17.3 Å². The fraction of sp³-hybridized carbons (Fsp3) is 0. The minimum atomic E-state index is -6.00. The summed E-state index contributed by atoms with van der Waals surface area (Å²) in [6.45, 7) is 0. The molecule has 8 heteroatoms. The van der Waals surface area contributed by atoms with Crippen LogP contribution in [0.1, 0.15) is 0 Å². The maximum absolute atomic E-state index is 9.75. The summed E-state index contributed by atoms with van der Waals surface area (Å²) in [5.74, 6) is 0. The normalized spacial score (nSPS) is 10.6. The molecular formula is C15H11BF4N3-. The van der Waals surface area contributed by atoms with E-state index in [1.165, 1.54) is 0 Å². The molecule has 0 bridgehead atoms. The third-order valence-corrected chi connectivity index (χ3v) is 2.60. The second kappa shape index (κ2) is 7.48. The van der Waals surface area contributed by atoms with Gasteiger partial charge in [-0.15, -0.1) is 0 Å². The molecule has 118 valence electrons. The van der Waals surface area contributed by atoms with Gasteiger partial charge in [0.25, 0.3) is 0 Å². The van der Waals surface area contributed by atoms with Gasteiger partial charge in [0.15, 0.2) is 0 Å². The lowest BCUT2D eigenvalue weighted by Crippen LogP contribution is -2.02. The molecular weight excluding hydrogens is 309 g/mol. The zero-order chi connectivity index (χ0) is 16.7. The van der Waals surface area contributed by atoms with Crippen molar-refractivity contribution in [3.63, 3.8) is 0 Å². The van der Waals surface area contributed by atoms with Crippen molar-refractivity contribution in [1.82, 2.24) is 15.0 Å². The second-order valence-electron chi connectivity index (χ2n) is 4.33. The van der Waals surface area contributed by atoms with Gasteiger partial charge < -0.3 is 17.3 Å². The molecule has 0 radical (unpaired) electrons. The predicted molar refractivity (Wildman–Crippen MR) is 80.9 cm³/mol. The summed E-state index contributed by atoms with van der Waals surface area (Å²) in [6.07, 6.45) is 3.54. The summed E-state index contributed by atoms with van der Waals surface area (Å²) in [4.78, 5) is 13.2. The van der Waals surface area contributed by atoms with Gasteiger partial charge in [-0.25, -0.2) is 4.98 Å². The van der Waals surface area contributed by atoms with Crippen molar-refractivity contribution < 1.29 is 17.3 Å². The largest absolute Gasteiger partial charge is 0.673 e. The number of pyridine rings is 3. The summed E-state index contributed by atoms with van der Waals surface area (Å²) in [5.41, 5.74) is 3.46. The van der Waals surface area contributed by atoms with E-state index in [1.807, 2.05) is 54.6 Å². The van der Waals surface area contributed by atoms with Gasteiger partial charge >= 0.3 is 7.25 Å². The molecule has 3 aromatic rings. The number of aromatic nitrogens is 3. The fourth-order valence-electron chi connectivity index (χ4n) is 1.75. The number of halogens is 4. The van der Waals surface area contributed by atoms with Crippen molar-refractivity contribution in [2.75, 3.05) is 0 Å². The Morgan fingerprint density at radius 1 is 0.565 bits per heavy atom. The lowest BCUT2D eigenvalue weighted by molar-refractivity contribution is 0.368. The van der Waals surface area contributed by atoms with Crippen LogP contribution in [0.2, 0.25) is 0 Å². The van der Waals surface area contributed by atoms with Gasteiger partial charge in [0.1, 0.15) is 0 Å². The summed E-state index contributed by atoms with van der Waals surface area (Å²) in [7, 11) is -6.00. The molecule has 3 rings (SSSR count). The van der Waals surface area contributed by atoms with E-state index in [0.29, 0.717) is 0 Å². The average molecular weight is 320 g/mol. The highest BCUT2D eigenvalue weighted by Gasteiger charge is 2.20. The maximum Gasteiger partial charge on any atom is 0.673 e. The summed E-state index contributed by atoms with van der Waals surface area (Å²) >= 11 is 0. The fourth-order valence-corrected chi connectivity index (χ4v) is 1.75. The van der Waals surface area contributed by atoms with Crippen molar-refractivity contribution in [1.29, 1.82) is 0 Å². The molecule has 0 aliphatic carbocycles. The van der Waals surface area contributed by atoms with Crippen LogP contribution in [0.3, 0.4) is 0 Å². The van der Waals surface area contributed by atoms with E-state index in [1.54, 1.807) is 12.4 Å². The second-order valence-corrected chi connectivity index (χ2v) is 4.33. The molecule has 0 saturated heterocycles. The van der Waals surface area contributed by atoms with Crippen LogP contribution in [0.15, 0.2) is 67.0 Å². The minimum Gasteiger partial charge on any atom is -0.418 e. The Balaban J connectivity index is 0.000000338. The molecule has 0 saturated carbocycles. The van der Waals surface area contributed by atoms with Crippen LogP contribution in [-0.2, 0) is 0 Å². The Bertz CT molecular complexity index is 676. The molecule has 0 spiro atoms. The van der Waals surface area contributed by atoms with Gasteiger partial charge in [-0.05, 0) is 36.4 Å². The molecule has 0 N–H and O–H groups in total. The van der Waals surface area contributed by atoms with E-state index in [4.69, 9.17) is 0 Å². The van der Waals surface area contributed by atoms with Crippen LogP contribution >= 0.6 is 0 Å². The Hall–Kier alpha value is -2.77. The van der Waals surface area contributed by atoms with Gasteiger partial charge in [-0.1, -0.05) is 18.2 Å². The minimum absolute atomic E-state index is 0.860. The molecule has 3 aromatic heterocycles. The Morgan fingerprint density at radius 3 is 1.30 bits per heavy atom. The lowest BCUT2D eigenvalue weighted by atomic mass is 10.2. The molecule has 3 nitrogen and oxygen atoms in total. The van der Waals surface area contributed by atoms with Crippen molar-refractivity contribution in [3.8, 4) is 22.8 Å². The molecule has 0 amide bonds. The first-order valence-corrected chi connectivity index (χ1v) is 6.61. The van der Waals surface area contributed by atoms with E-state index in [0.717, 1.165) is 22.8 Å². The van der Waals surface area contributed by atoms with E-state index in [-0.39, 0.29) is 0 Å². The first-order valence-electron chi connectivity index (χ1n) is 6.61. The summed E-state index contributed by atoms with van der Waals surface area (Å²) in [6, 6.07) is 17.5. The molecule has 0 aliphatic rings. The first kappa shape index (κ1) is 16.6. The van der Waals surface area contributed by atoms with Crippen molar-refractivity contribution >= 4 is 7.25 Å². The van der Waals surface area contributed by atoms with E-state index >= 15 is 0 Å². The van der Waals surface area contributed by atoms with Crippen LogP contribution < -0.4 is 0 Å². The summed E-state index contributed by atoms with van der Waals surface area (Å²) in [5, 5.41) is 0. The monoisotopic (exact) mass is 320 g/mol. The number of hydrogen-bond donors (Lipinski definition) is 0. The SMILES string of the molecule is F[B-](F)(F)F.c1ccc(-c2cccc(-c3ccccn3)n2)nc1. The predicted octanol–water partition coefficient (Wildman–Crippen LogP) is 4.51. The van der Waals surface area contributed by atoms with Gasteiger partial charge in [0.05, 0.1) is 22.8 Å². The van der Waals surface area contributed by atoms with Crippen molar-refractivity contribution in [2.24, 2.45) is 0 Å². The van der Waals surface area contributed by atoms with E-state index in [2.05, 4.69) is 15.0 Å². The number of hydrogen-bond acceptors (Lipinski definition) is 3. The quantitative estimate of drug-likeness (QED) is 0.515. The Kier molecular flexibility index (Phi) is 5.40. The topological polar surface area (TPSA) is 38.7 Å². The third kappa shape index (κ3) is 5.86. The maximum atomic E-state index is 9.75. The molecule has 0 aromatic carbocycles. The lowest BCUT2D eigenvalue weighted by Gasteiger charge is -2.03. The van der Waals surface area contributed by atoms with Gasteiger partial charge in [0, 0.05) is 12.4 Å². The molecule has 0 atom stereocenters. The zero-order valence-electron chi connectivity index (χ0n) is 11.8. The van der Waals surface area contributed by atoms with E-state index in [9.17, 15) is 17.3 Å². The van der Waals surface area contributed by atoms with Crippen LogP contribution in [-0.4, -0.2) is 22.2 Å². The molecule has 23 heavy (non-hydrogen) atoms. The third-order valence-electron chi connectivity index (χ3n) is 2.60. The smallest absolute Gasteiger partial charge is 0.418 e. The molecule has 0 unspecified atom stereocenters. The van der Waals surface area contributed by atoms with Crippen LogP contribution in [0, 0.1) is 0 Å². The first-order chi connectivity index (χ1) is 10.9.